The second-order valence-corrected chi connectivity index (χ2v) is 3.73. The van der Waals surface area contributed by atoms with Gasteiger partial charge in [0.15, 0.2) is 5.78 Å². The number of ketones is 1. The predicted octanol–water partition coefficient (Wildman–Crippen LogP) is 2.56. The first-order valence-electron chi connectivity index (χ1n) is 5.19. The minimum Gasteiger partial charge on any atom is -0.422 e. The summed E-state index contributed by atoms with van der Waals surface area (Å²) < 4.78 is 5.08. The van der Waals surface area contributed by atoms with E-state index in [0.717, 1.165) is 17.4 Å². The molecule has 1 aromatic heterocycles. The summed E-state index contributed by atoms with van der Waals surface area (Å²) in [7, 11) is 0. The van der Waals surface area contributed by atoms with Gasteiger partial charge in [-0.3, -0.25) is 4.79 Å². The highest BCUT2D eigenvalue weighted by Crippen LogP contribution is 2.16. The molecule has 0 atom stereocenters. The van der Waals surface area contributed by atoms with Crippen molar-refractivity contribution in [1.29, 1.82) is 0 Å². The first-order chi connectivity index (χ1) is 7.61. The number of hydrogen-bond donors (Lipinski definition) is 0. The number of carbonyl (C=O) groups is 1. The van der Waals surface area contributed by atoms with Gasteiger partial charge in [-0.05, 0) is 37.1 Å². The van der Waals surface area contributed by atoms with Crippen LogP contribution in [0, 0.1) is 0 Å². The molecule has 0 aliphatic carbocycles. The van der Waals surface area contributed by atoms with Crippen LogP contribution in [0.5, 0.6) is 0 Å². The number of rotatable bonds is 2. The van der Waals surface area contributed by atoms with Crippen LogP contribution in [0.2, 0.25) is 0 Å². The molecule has 3 nitrogen and oxygen atoms in total. The molecule has 0 unspecified atom stereocenters. The molecular formula is C13H12O3. The van der Waals surface area contributed by atoms with E-state index in [1.807, 2.05) is 19.1 Å². The van der Waals surface area contributed by atoms with Crippen molar-refractivity contribution in [1.82, 2.24) is 0 Å². The number of benzene rings is 1. The topological polar surface area (TPSA) is 47.3 Å². The number of carbonyl (C=O) groups excluding carboxylic acids is 1. The van der Waals surface area contributed by atoms with Crippen LogP contribution in [0.3, 0.4) is 0 Å². The van der Waals surface area contributed by atoms with Crippen LogP contribution in [0.15, 0.2) is 33.5 Å². The number of hydrogen-bond acceptors (Lipinski definition) is 3. The van der Waals surface area contributed by atoms with Crippen LogP contribution in [0.1, 0.15) is 29.8 Å². The van der Waals surface area contributed by atoms with E-state index < -0.39 is 5.63 Å². The van der Waals surface area contributed by atoms with Gasteiger partial charge in [0.05, 0.1) is 0 Å². The Bertz CT molecular complexity index is 608. The Kier molecular flexibility index (Phi) is 2.60. The Labute approximate surface area is 92.7 Å². The zero-order valence-electron chi connectivity index (χ0n) is 9.24. The van der Waals surface area contributed by atoms with Crippen molar-refractivity contribution < 1.29 is 9.21 Å². The highest BCUT2D eigenvalue weighted by Gasteiger charge is 2.09. The molecule has 0 amide bonds. The van der Waals surface area contributed by atoms with E-state index in [2.05, 4.69) is 0 Å². The van der Waals surface area contributed by atoms with Gasteiger partial charge in [-0.1, -0.05) is 13.0 Å². The lowest BCUT2D eigenvalue weighted by atomic mass is 10.1. The standard InChI is InChI=1S/C13H12O3/c1-3-9-4-5-12-10(6-9)7-11(8(2)14)13(15)16-12/h4-7H,3H2,1-2H3. The maximum atomic E-state index is 11.4. The summed E-state index contributed by atoms with van der Waals surface area (Å²) in [4.78, 5) is 22.6. The number of Topliss-reactive ketones (excluding diaryl/α,β-unsaturated/α-hetero) is 1. The third-order valence-corrected chi connectivity index (χ3v) is 2.58. The fourth-order valence-electron chi connectivity index (χ4n) is 1.64. The van der Waals surface area contributed by atoms with Gasteiger partial charge in [0.25, 0.3) is 0 Å². The van der Waals surface area contributed by atoms with E-state index in [4.69, 9.17) is 4.42 Å². The molecule has 1 heterocycles. The first kappa shape index (κ1) is 10.6. The molecule has 0 radical (unpaired) electrons. The molecular weight excluding hydrogens is 204 g/mol. The fourth-order valence-corrected chi connectivity index (χ4v) is 1.64. The zero-order chi connectivity index (χ0) is 11.7. The third-order valence-electron chi connectivity index (χ3n) is 2.58. The van der Waals surface area contributed by atoms with Crippen LogP contribution < -0.4 is 5.63 Å². The lowest BCUT2D eigenvalue weighted by Crippen LogP contribution is -2.10. The molecule has 0 fully saturated rings. The predicted molar refractivity (Wildman–Crippen MR) is 61.9 cm³/mol. The van der Waals surface area contributed by atoms with Crippen molar-refractivity contribution in [2.75, 3.05) is 0 Å². The Balaban J connectivity index is 2.75. The summed E-state index contributed by atoms with van der Waals surface area (Å²) >= 11 is 0. The fraction of sp³-hybridized carbons (Fsp3) is 0.231. The Morgan fingerprint density at radius 1 is 1.31 bits per heavy atom. The van der Waals surface area contributed by atoms with Crippen molar-refractivity contribution in [2.24, 2.45) is 0 Å². The van der Waals surface area contributed by atoms with Crippen molar-refractivity contribution >= 4 is 16.8 Å². The van der Waals surface area contributed by atoms with E-state index in [1.165, 1.54) is 6.92 Å². The van der Waals surface area contributed by atoms with Gasteiger partial charge in [0.2, 0.25) is 0 Å². The Morgan fingerprint density at radius 2 is 2.06 bits per heavy atom. The van der Waals surface area contributed by atoms with Crippen molar-refractivity contribution in [3.63, 3.8) is 0 Å². The number of fused-ring (bicyclic) bond motifs is 1. The van der Waals surface area contributed by atoms with E-state index in [-0.39, 0.29) is 11.3 Å². The van der Waals surface area contributed by atoms with E-state index in [1.54, 1.807) is 12.1 Å². The van der Waals surface area contributed by atoms with E-state index >= 15 is 0 Å². The molecule has 2 rings (SSSR count). The molecule has 0 saturated heterocycles. The molecule has 3 heteroatoms. The van der Waals surface area contributed by atoms with Crippen LogP contribution in [0.25, 0.3) is 11.0 Å². The van der Waals surface area contributed by atoms with Gasteiger partial charge >= 0.3 is 5.63 Å². The summed E-state index contributed by atoms with van der Waals surface area (Å²) in [5.41, 5.74) is 1.22. The smallest absolute Gasteiger partial charge is 0.347 e. The molecule has 16 heavy (non-hydrogen) atoms. The van der Waals surface area contributed by atoms with Gasteiger partial charge in [0, 0.05) is 5.39 Å². The van der Waals surface area contributed by atoms with Crippen molar-refractivity contribution in [3.05, 3.63) is 45.8 Å². The lowest BCUT2D eigenvalue weighted by Gasteiger charge is -2.01. The first-order valence-corrected chi connectivity index (χ1v) is 5.19. The molecule has 0 N–H and O–H groups in total. The zero-order valence-corrected chi connectivity index (χ0v) is 9.24. The highest BCUT2D eigenvalue weighted by molar-refractivity contribution is 5.96. The van der Waals surface area contributed by atoms with Crippen LogP contribution >= 0.6 is 0 Å². The molecule has 2 aromatic rings. The van der Waals surface area contributed by atoms with Crippen LogP contribution in [-0.2, 0) is 6.42 Å². The van der Waals surface area contributed by atoms with Gasteiger partial charge < -0.3 is 4.42 Å². The average Bonchev–Trinajstić information content (AvgIpc) is 2.27. The molecule has 0 aliphatic heterocycles. The summed E-state index contributed by atoms with van der Waals surface area (Å²) in [5, 5.41) is 0.796. The SMILES string of the molecule is CCc1ccc2oc(=O)c(C(C)=O)cc2c1. The van der Waals surface area contributed by atoms with Crippen molar-refractivity contribution in [3.8, 4) is 0 Å². The summed E-state index contributed by atoms with van der Waals surface area (Å²) in [6.45, 7) is 3.41. The number of aryl methyl sites for hydroxylation is 1. The maximum Gasteiger partial charge on any atom is 0.347 e. The maximum absolute atomic E-state index is 11.4. The van der Waals surface area contributed by atoms with Gasteiger partial charge in [0.1, 0.15) is 11.1 Å². The molecule has 0 spiro atoms. The summed E-state index contributed by atoms with van der Waals surface area (Å²) in [6, 6.07) is 7.21. The van der Waals surface area contributed by atoms with Crippen molar-refractivity contribution in [2.45, 2.75) is 20.3 Å². The molecule has 0 aliphatic rings. The molecule has 82 valence electrons. The Hall–Kier alpha value is -1.90. The minimum absolute atomic E-state index is 0.112. The third kappa shape index (κ3) is 1.76. The normalized spacial score (nSPS) is 10.6. The molecule has 0 bridgehead atoms. The van der Waals surface area contributed by atoms with E-state index in [9.17, 15) is 9.59 Å². The molecule has 1 aromatic carbocycles. The van der Waals surface area contributed by atoms with Gasteiger partial charge in [-0.15, -0.1) is 0 Å². The largest absolute Gasteiger partial charge is 0.422 e. The highest BCUT2D eigenvalue weighted by atomic mass is 16.4. The summed E-state index contributed by atoms with van der Waals surface area (Å²) in [6.07, 6.45) is 0.907. The summed E-state index contributed by atoms with van der Waals surface area (Å²) in [5.74, 6) is -0.266. The van der Waals surface area contributed by atoms with Crippen LogP contribution in [-0.4, -0.2) is 5.78 Å². The van der Waals surface area contributed by atoms with Gasteiger partial charge in [-0.25, -0.2) is 4.79 Å². The van der Waals surface area contributed by atoms with Gasteiger partial charge in [-0.2, -0.15) is 0 Å². The minimum atomic E-state index is -0.566. The second-order valence-electron chi connectivity index (χ2n) is 3.73. The monoisotopic (exact) mass is 216 g/mol. The van der Waals surface area contributed by atoms with Crippen LogP contribution in [0.4, 0.5) is 0 Å². The second kappa shape index (κ2) is 3.93. The Morgan fingerprint density at radius 3 is 2.69 bits per heavy atom. The van der Waals surface area contributed by atoms with E-state index in [0.29, 0.717) is 5.58 Å². The molecule has 0 saturated carbocycles. The average molecular weight is 216 g/mol. The lowest BCUT2D eigenvalue weighted by molar-refractivity contribution is 0.101. The quantitative estimate of drug-likeness (QED) is 0.572.